The normalized spacial score (nSPS) is 16.7. The van der Waals surface area contributed by atoms with E-state index in [9.17, 15) is 9.59 Å². The molecule has 2 N–H and O–H groups in total. The van der Waals surface area contributed by atoms with Crippen molar-refractivity contribution >= 4 is 11.8 Å². The SMILES string of the molecule is CC(=O)NCCN/C=C(/C#N)C(=O)N(C)C1CCN(C)CC1. The van der Waals surface area contributed by atoms with Crippen LogP contribution in [0.15, 0.2) is 11.8 Å². The smallest absolute Gasteiger partial charge is 0.265 e. The van der Waals surface area contributed by atoms with Crippen molar-refractivity contribution in [3.05, 3.63) is 11.8 Å². The molecule has 0 unspecified atom stereocenters. The monoisotopic (exact) mass is 307 g/mol. The number of likely N-dealkylation sites (N-methyl/N-ethyl adjacent to an activating group) is 1. The summed E-state index contributed by atoms with van der Waals surface area (Å²) in [6.45, 7) is 4.28. The maximum Gasteiger partial charge on any atom is 0.265 e. The van der Waals surface area contributed by atoms with Gasteiger partial charge in [-0.3, -0.25) is 9.59 Å². The summed E-state index contributed by atoms with van der Waals surface area (Å²) >= 11 is 0. The second kappa shape index (κ2) is 9.05. The van der Waals surface area contributed by atoms with E-state index in [1.807, 2.05) is 6.07 Å². The summed E-state index contributed by atoms with van der Waals surface area (Å²) < 4.78 is 0. The molecule has 1 saturated heterocycles. The summed E-state index contributed by atoms with van der Waals surface area (Å²) in [7, 11) is 3.82. The molecule has 0 aromatic rings. The second-order valence-electron chi connectivity index (χ2n) is 5.56. The van der Waals surface area contributed by atoms with E-state index in [0.29, 0.717) is 13.1 Å². The molecule has 22 heavy (non-hydrogen) atoms. The summed E-state index contributed by atoms with van der Waals surface area (Å²) in [4.78, 5) is 27.0. The molecule has 0 radical (unpaired) electrons. The third kappa shape index (κ3) is 5.74. The molecule has 0 bridgehead atoms. The van der Waals surface area contributed by atoms with E-state index in [1.54, 1.807) is 11.9 Å². The summed E-state index contributed by atoms with van der Waals surface area (Å²) in [5.41, 5.74) is 0.0873. The lowest BCUT2D eigenvalue weighted by Gasteiger charge is -2.34. The van der Waals surface area contributed by atoms with E-state index in [0.717, 1.165) is 25.9 Å². The molecule has 0 aromatic carbocycles. The van der Waals surface area contributed by atoms with Crippen molar-refractivity contribution in [2.45, 2.75) is 25.8 Å². The zero-order chi connectivity index (χ0) is 16.5. The average Bonchev–Trinajstić information content (AvgIpc) is 2.50. The van der Waals surface area contributed by atoms with Crippen LogP contribution in [0, 0.1) is 11.3 Å². The Labute approximate surface area is 131 Å². The molecule has 0 spiro atoms. The van der Waals surface area contributed by atoms with Gasteiger partial charge in [-0.25, -0.2) is 0 Å². The molecule has 1 fully saturated rings. The Morgan fingerprint density at radius 1 is 1.36 bits per heavy atom. The van der Waals surface area contributed by atoms with E-state index in [1.165, 1.54) is 13.1 Å². The molecule has 1 heterocycles. The molecule has 2 amide bonds. The first kappa shape index (κ1) is 18.0. The second-order valence-corrected chi connectivity index (χ2v) is 5.56. The highest BCUT2D eigenvalue weighted by Gasteiger charge is 2.25. The number of piperidine rings is 1. The summed E-state index contributed by atoms with van der Waals surface area (Å²) in [5.74, 6) is -0.367. The molecule has 7 nitrogen and oxygen atoms in total. The molecule has 0 atom stereocenters. The van der Waals surface area contributed by atoms with Crippen LogP contribution in [0.5, 0.6) is 0 Å². The highest BCUT2D eigenvalue weighted by Crippen LogP contribution is 2.15. The van der Waals surface area contributed by atoms with E-state index in [2.05, 4.69) is 22.6 Å². The number of nitrogens with one attached hydrogen (secondary N) is 2. The topological polar surface area (TPSA) is 88.5 Å². The number of nitrogens with zero attached hydrogens (tertiary/aromatic N) is 3. The van der Waals surface area contributed by atoms with Gasteiger partial charge in [0.15, 0.2) is 0 Å². The van der Waals surface area contributed by atoms with Crippen LogP contribution >= 0.6 is 0 Å². The third-order valence-corrected chi connectivity index (χ3v) is 3.80. The molecule has 122 valence electrons. The van der Waals surface area contributed by atoms with Crippen molar-refractivity contribution in [3.8, 4) is 6.07 Å². The van der Waals surface area contributed by atoms with Crippen LogP contribution < -0.4 is 10.6 Å². The Hall–Kier alpha value is -2.07. The number of carbonyl (C=O) groups is 2. The van der Waals surface area contributed by atoms with Crippen LogP contribution in [0.3, 0.4) is 0 Å². The Bertz CT molecular complexity index is 461. The fourth-order valence-corrected chi connectivity index (χ4v) is 2.36. The van der Waals surface area contributed by atoms with Crippen LogP contribution in [-0.2, 0) is 9.59 Å². The van der Waals surface area contributed by atoms with Crippen molar-refractivity contribution in [2.75, 3.05) is 40.3 Å². The summed E-state index contributed by atoms with van der Waals surface area (Å²) in [6, 6.07) is 2.12. The third-order valence-electron chi connectivity index (χ3n) is 3.80. The summed E-state index contributed by atoms with van der Waals surface area (Å²) in [5, 5.41) is 14.7. The zero-order valence-electron chi connectivity index (χ0n) is 13.6. The van der Waals surface area contributed by atoms with Crippen molar-refractivity contribution in [1.82, 2.24) is 20.4 Å². The van der Waals surface area contributed by atoms with Gasteiger partial charge in [-0.15, -0.1) is 0 Å². The Morgan fingerprint density at radius 3 is 2.55 bits per heavy atom. The largest absolute Gasteiger partial charge is 0.388 e. The minimum atomic E-state index is -0.260. The number of carbonyl (C=O) groups excluding carboxylic acids is 2. The molecule has 1 rings (SSSR count). The van der Waals surface area contributed by atoms with Gasteiger partial charge in [-0.2, -0.15) is 5.26 Å². The molecular formula is C15H25N5O2. The van der Waals surface area contributed by atoms with Gasteiger partial charge in [0.25, 0.3) is 5.91 Å². The van der Waals surface area contributed by atoms with Gasteiger partial charge in [0, 0.05) is 39.3 Å². The van der Waals surface area contributed by atoms with Crippen molar-refractivity contribution in [2.24, 2.45) is 0 Å². The lowest BCUT2D eigenvalue weighted by atomic mass is 10.0. The van der Waals surface area contributed by atoms with Gasteiger partial charge in [0.1, 0.15) is 11.6 Å². The fraction of sp³-hybridized carbons (Fsp3) is 0.667. The predicted octanol–water partition coefficient (Wildman–Crippen LogP) is -0.328. The van der Waals surface area contributed by atoms with Crippen LogP contribution in [-0.4, -0.2) is 67.9 Å². The number of hydrogen-bond acceptors (Lipinski definition) is 5. The van der Waals surface area contributed by atoms with Gasteiger partial charge < -0.3 is 20.4 Å². The van der Waals surface area contributed by atoms with Crippen molar-refractivity contribution < 1.29 is 9.59 Å². The Kier molecular flexibility index (Phi) is 7.40. The molecule has 0 aliphatic carbocycles. The number of amides is 2. The van der Waals surface area contributed by atoms with Gasteiger partial charge in [0.2, 0.25) is 5.91 Å². The average molecular weight is 307 g/mol. The molecule has 1 aliphatic heterocycles. The van der Waals surface area contributed by atoms with Crippen molar-refractivity contribution in [3.63, 3.8) is 0 Å². The number of hydrogen-bond donors (Lipinski definition) is 2. The molecule has 0 saturated carbocycles. The molecule has 7 heteroatoms. The first-order valence-corrected chi connectivity index (χ1v) is 7.49. The number of likely N-dealkylation sites (tertiary alicyclic amines) is 1. The Morgan fingerprint density at radius 2 is 2.00 bits per heavy atom. The molecule has 0 aromatic heterocycles. The lowest BCUT2D eigenvalue weighted by molar-refractivity contribution is -0.128. The molecule has 1 aliphatic rings. The van der Waals surface area contributed by atoms with E-state index >= 15 is 0 Å². The minimum absolute atomic E-state index is 0.0873. The van der Waals surface area contributed by atoms with Gasteiger partial charge in [0.05, 0.1) is 0 Å². The van der Waals surface area contributed by atoms with Crippen LogP contribution in [0.25, 0.3) is 0 Å². The first-order valence-electron chi connectivity index (χ1n) is 7.49. The quantitative estimate of drug-likeness (QED) is 0.399. The van der Waals surface area contributed by atoms with Crippen LogP contribution in [0.2, 0.25) is 0 Å². The van der Waals surface area contributed by atoms with Gasteiger partial charge in [-0.1, -0.05) is 0 Å². The van der Waals surface area contributed by atoms with E-state index < -0.39 is 0 Å². The summed E-state index contributed by atoms with van der Waals surface area (Å²) in [6.07, 6.45) is 3.27. The maximum atomic E-state index is 12.3. The fourth-order valence-electron chi connectivity index (χ4n) is 2.36. The predicted molar refractivity (Wildman–Crippen MR) is 83.7 cm³/mol. The standard InChI is InChI=1S/C15H25N5O2/c1-12(21)18-7-6-17-11-13(10-16)15(22)20(3)14-4-8-19(2)9-5-14/h11,14,17H,4-9H2,1-3H3,(H,18,21)/b13-11-. The van der Waals surface area contributed by atoms with Crippen LogP contribution in [0.1, 0.15) is 19.8 Å². The van der Waals surface area contributed by atoms with Crippen LogP contribution in [0.4, 0.5) is 0 Å². The van der Waals surface area contributed by atoms with Crippen molar-refractivity contribution in [1.29, 1.82) is 5.26 Å². The number of rotatable bonds is 6. The first-order chi connectivity index (χ1) is 10.5. The zero-order valence-corrected chi connectivity index (χ0v) is 13.6. The highest BCUT2D eigenvalue weighted by molar-refractivity contribution is 5.97. The maximum absolute atomic E-state index is 12.3. The van der Waals surface area contributed by atoms with Gasteiger partial charge in [-0.05, 0) is 33.0 Å². The number of nitriles is 1. The minimum Gasteiger partial charge on any atom is -0.388 e. The van der Waals surface area contributed by atoms with E-state index in [-0.39, 0.29) is 23.4 Å². The lowest BCUT2D eigenvalue weighted by Crippen LogP contribution is -2.45. The highest BCUT2D eigenvalue weighted by atomic mass is 16.2. The molecular weight excluding hydrogens is 282 g/mol. The van der Waals surface area contributed by atoms with E-state index in [4.69, 9.17) is 5.26 Å². The van der Waals surface area contributed by atoms with Gasteiger partial charge >= 0.3 is 0 Å². The Balaban J connectivity index is 2.49.